The Bertz CT molecular complexity index is 979. The van der Waals surface area contributed by atoms with Crippen molar-refractivity contribution >= 4 is 27.6 Å². The molecule has 0 radical (unpaired) electrons. The van der Waals surface area contributed by atoms with Crippen molar-refractivity contribution in [2.45, 2.75) is 25.7 Å². The lowest BCUT2D eigenvalue weighted by molar-refractivity contribution is 0.0525. The molecule has 0 aromatic heterocycles. The molecule has 0 saturated carbocycles. The van der Waals surface area contributed by atoms with E-state index in [1.165, 1.54) is 31.4 Å². The lowest BCUT2D eigenvalue weighted by Crippen LogP contribution is -2.16. The Labute approximate surface area is 169 Å². The minimum atomic E-state index is -4.07. The molecule has 0 bridgehead atoms. The van der Waals surface area contributed by atoms with Gasteiger partial charge < -0.3 is 14.2 Å². The van der Waals surface area contributed by atoms with Gasteiger partial charge in [0.2, 0.25) is 0 Å². The van der Waals surface area contributed by atoms with Crippen LogP contribution in [-0.2, 0) is 19.5 Å². The van der Waals surface area contributed by atoms with E-state index in [0.717, 1.165) is 5.56 Å². The van der Waals surface area contributed by atoms with Crippen LogP contribution in [0.4, 0.5) is 5.69 Å². The van der Waals surface area contributed by atoms with E-state index in [2.05, 4.69) is 4.72 Å². The third-order valence-corrected chi connectivity index (χ3v) is 5.22. The molecule has 0 atom stereocenters. The zero-order valence-electron chi connectivity index (χ0n) is 16.6. The first-order valence-corrected chi connectivity index (χ1v) is 10.4. The molecule has 2 aromatic carbocycles. The summed E-state index contributed by atoms with van der Waals surface area (Å²) in [6, 6.07) is 8.60. The first kappa shape index (κ1) is 22.2. The fourth-order valence-electron chi connectivity index (χ4n) is 2.56. The normalized spacial score (nSPS) is 10.9. The average Bonchev–Trinajstić information content (AvgIpc) is 2.67. The van der Waals surface area contributed by atoms with Crippen molar-refractivity contribution < 1.29 is 32.2 Å². The van der Waals surface area contributed by atoms with Crippen molar-refractivity contribution in [2.75, 3.05) is 25.0 Å². The van der Waals surface area contributed by atoms with Crippen molar-refractivity contribution in [2.24, 2.45) is 0 Å². The van der Waals surface area contributed by atoms with Crippen LogP contribution in [0, 0.1) is 6.92 Å². The van der Waals surface area contributed by atoms with Crippen LogP contribution in [0.3, 0.4) is 0 Å². The number of nitrogens with one attached hydrogen (secondary N) is 1. The number of benzene rings is 2. The minimum Gasteiger partial charge on any atom is -0.495 e. The standard InChI is InChI=1S/C20H23NO7S/c1-5-27-19(22)14-10-15(20(23)28-6-2)12-16(11-14)21-29(24,25)18-9-13(3)7-8-17(18)26-4/h7-12,21H,5-6H2,1-4H3. The Hall–Kier alpha value is -3.07. The van der Waals surface area contributed by atoms with Crippen LogP contribution in [-0.4, -0.2) is 40.7 Å². The summed E-state index contributed by atoms with van der Waals surface area (Å²) in [5.41, 5.74) is 0.776. The second-order valence-corrected chi connectivity index (χ2v) is 7.65. The second kappa shape index (κ2) is 9.42. The van der Waals surface area contributed by atoms with Crippen molar-refractivity contribution in [1.82, 2.24) is 0 Å². The number of methoxy groups -OCH3 is 1. The zero-order chi connectivity index (χ0) is 21.6. The van der Waals surface area contributed by atoms with Gasteiger partial charge in [-0.2, -0.15) is 0 Å². The van der Waals surface area contributed by atoms with Gasteiger partial charge in [0.25, 0.3) is 10.0 Å². The molecule has 0 fully saturated rings. The van der Waals surface area contributed by atoms with E-state index in [0.29, 0.717) is 0 Å². The van der Waals surface area contributed by atoms with E-state index in [1.807, 2.05) is 0 Å². The fourth-order valence-corrected chi connectivity index (χ4v) is 3.85. The highest BCUT2D eigenvalue weighted by molar-refractivity contribution is 7.92. The molecule has 1 N–H and O–H groups in total. The molecule has 0 aliphatic rings. The van der Waals surface area contributed by atoms with E-state index >= 15 is 0 Å². The van der Waals surface area contributed by atoms with Gasteiger partial charge in [0.05, 0.1) is 37.1 Å². The number of esters is 2. The Morgan fingerprint density at radius 3 is 1.97 bits per heavy atom. The maximum absolute atomic E-state index is 12.9. The minimum absolute atomic E-state index is 0.0159. The number of anilines is 1. The van der Waals surface area contributed by atoms with Crippen LogP contribution in [0.5, 0.6) is 5.75 Å². The van der Waals surface area contributed by atoms with E-state index in [4.69, 9.17) is 14.2 Å². The number of aryl methyl sites for hydroxylation is 1. The number of carbonyl (C=O) groups excluding carboxylic acids is 2. The molecule has 0 aliphatic heterocycles. The van der Waals surface area contributed by atoms with Gasteiger partial charge in [-0.15, -0.1) is 0 Å². The number of hydrogen-bond donors (Lipinski definition) is 1. The van der Waals surface area contributed by atoms with Crippen molar-refractivity contribution in [3.05, 3.63) is 53.1 Å². The SMILES string of the molecule is CCOC(=O)c1cc(NS(=O)(=O)c2cc(C)ccc2OC)cc(C(=O)OCC)c1. The Morgan fingerprint density at radius 2 is 1.48 bits per heavy atom. The summed E-state index contributed by atoms with van der Waals surface area (Å²) in [7, 11) is -2.70. The summed E-state index contributed by atoms with van der Waals surface area (Å²) < 4.78 is 43.3. The summed E-state index contributed by atoms with van der Waals surface area (Å²) in [5.74, 6) is -1.21. The molecule has 0 heterocycles. The van der Waals surface area contributed by atoms with Gasteiger partial charge in [-0.3, -0.25) is 4.72 Å². The highest BCUT2D eigenvalue weighted by atomic mass is 32.2. The number of ether oxygens (including phenoxy) is 3. The number of carbonyl (C=O) groups is 2. The molecule has 0 saturated heterocycles. The lowest BCUT2D eigenvalue weighted by atomic mass is 10.1. The molecule has 2 rings (SSSR count). The quantitative estimate of drug-likeness (QED) is 0.652. The average molecular weight is 421 g/mol. The number of hydrogen-bond acceptors (Lipinski definition) is 7. The first-order chi connectivity index (χ1) is 13.7. The lowest BCUT2D eigenvalue weighted by Gasteiger charge is -2.14. The van der Waals surface area contributed by atoms with Crippen LogP contribution in [0.25, 0.3) is 0 Å². The van der Waals surface area contributed by atoms with Gasteiger partial charge in [0.1, 0.15) is 10.6 Å². The first-order valence-electron chi connectivity index (χ1n) is 8.88. The maximum Gasteiger partial charge on any atom is 0.338 e. The van der Waals surface area contributed by atoms with Crippen LogP contribution >= 0.6 is 0 Å². The second-order valence-electron chi connectivity index (χ2n) is 6.00. The summed E-state index contributed by atoms with van der Waals surface area (Å²) in [4.78, 5) is 24.2. The smallest absolute Gasteiger partial charge is 0.338 e. The Kier molecular flexibility index (Phi) is 7.22. The van der Waals surface area contributed by atoms with Crippen molar-refractivity contribution in [3.63, 3.8) is 0 Å². The Balaban J connectivity index is 2.51. The molecule has 156 valence electrons. The molecular formula is C20H23NO7S. The predicted molar refractivity (Wildman–Crippen MR) is 107 cm³/mol. The third-order valence-electron chi connectivity index (χ3n) is 3.82. The molecule has 29 heavy (non-hydrogen) atoms. The van der Waals surface area contributed by atoms with Crippen LogP contribution in [0.1, 0.15) is 40.1 Å². The summed E-state index contributed by atoms with van der Waals surface area (Å²) in [6.45, 7) is 5.29. The summed E-state index contributed by atoms with van der Waals surface area (Å²) >= 11 is 0. The topological polar surface area (TPSA) is 108 Å². The van der Waals surface area contributed by atoms with Gasteiger partial charge in [-0.05, 0) is 56.7 Å². The van der Waals surface area contributed by atoms with E-state index < -0.39 is 22.0 Å². The highest BCUT2D eigenvalue weighted by Gasteiger charge is 2.22. The predicted octanol–water partition coefficient (Wildman–Crippen LogP) is 3.16. The zero-order valence-corrected chi connectivity index (χ0v) is 17.5. The molecule has 0 aliphatic carbocycles. The van der Waals surface area contributed by atoms with Gasteiger partial charge in [0.15, 0.2) is 0 Å². The van der Waals surface area contributed by atoms with Crippen LogP contribution < -0.4 is 9.46 Å². The monoisotopic (exact) mass is 421 g/mol. The fraction of sp³-hybridized carbons (Fsp3) is 0.300. The number of sulfonamides is 1. The number of rotatable bonds is 8. The molecular weight excluding hydrogens is 398 g/mol. The van der Waals surface area contributed by atoms with Crippen LogP contribution in [0.2, 0.25) is 0 Å². The molecule has 2 aromatic rings. The highest BCUT2D eigenvalue weighted by Crippen LogP contribution is 2.28. The van der Waals surface area contributed by atoms with Gasteiger partial charge in [0, 0.05) is 0 Å². The van der Waals surface area contributed by atoms with Gasteiger partial charge >= 0.3 is 11.9 Å². The van der Waals surface area contributed by atoms with E-state index in [-0.39, 0.29) is 40.7 Å². The molecule has 0 amide bonds. The molecule has 0 unspecified atom stereocenters. The molecule has 0 spiro atoms. The molecule has 9 heteroatoms. The van der Waals surface area contributed by atoms with Gasteiger partial charge in [-0.25, -0.2) is 18.0 Å². The maximum atomic E-state index is 12.9. The van der Waals surface area contributed by atoms with Crippen molar-refractivity contribution in [1.29, 1.82) is 0 Å². The Morgan fingerprint density at radius 1 is 0.931 bits per heavy atom. The van der Waals surface area contributed by atoms with Crippen molar-refractivity contribution in [3.8, 4) is 5.75 Å². The van der Waals surface area contributed by atoms with Crippen LogP contribution in [0.15, 0.2) is 41.3 Å². The third kappa shape index (κ3) is 5.47. The largest absolute Gasteiger partial charge is 0.495 e. The van der Waals surface area contributed by atoms with E-state index in [1.54, 1.807) is 32.9 Å². The van der Waals surface area contributed by atoms with Gasteiger partial charge in [-0.1, -0.05) is 6.07 Å². The summed E-state index contributed by atoms with van der Waals surface area (Å²) in [6.07, 6.45) is 0. The summed E-state index contributed by atoms with van der Waals surface area (Å²) in [5, 5.41) is 0. The molecule has 8 nitrogen and oxygen atoms in total. The van der Waals surface area contributed by atoms with E-state index in [9.17, 15) is 18.0 Å².